The molecule has 1 aromatic heterocycles. The van der Waals surface area contributed by atoms with Gasteiger partial charge in [0.1, 0.15) is 0 Å². The first-order valence-electron chi connectivity index (χ1n) is 10.9. The number of hydrogen-bond donors (Lipinski definition) is 3. The van der Waals surface area contributed by atoms with Gasteiger partial charge in [-0.3, -0.25) is 9.52 Å². The molecule has 39 heavy (non-hydrogen) atoms. The highest BCUT2D eigenvalue weighted by atomic mass is 35.5. The Morgan fingerprint density at radius 2 is 1.72 bits per heavy atom. The van der Waals surface area contributed by atoms with Crippen LogP contribution >= 0.6 is 11.6 Å². The van der Waals surface area contributed by atoms with Crippen molar-refractivity contribution in [3.05, 3.63) is 71.2 Å². The maximum Gasteiger partial charge on any atom is 0.441 e. The lowest BCUT2D eigenvalue weighted by molar-refractivity contribution is -0.204. The zero-order valence-corrected chi connectivity index (χ0v) is 21.8. The Morgan fingerprint density at radius 1 is 1.03 bits per heavy atom. The summed E-state index contributed by atoms with van der Waals surface area (Å²) in [6.07, 6.45) is -5.41. The van der Waals surface area contributed by atoms with Crippen LogP contribution in [0.25, 0.3) is 0 Å². The van der Waals surface area contributed by atoms with E-state index >= 15 is 0 Å². The van der Waals surface area contributed by atoms with Crippen LogP contribution in [0.1, 0.15) is 17.3 Å². The predicted molar refractivity (Wildman–Crippen MR) is 134 cm³/mol. The standard InChI is InChI=1S/C23H21ClF3N5O6S/c1-3-38-21(34)22(23(25,26)27,29-20(33)14-5-4-6-15(24)13-14)28-16-7-9-17(10-8-16)39(35,36)32-18-11-12-19(37-2)31-30-18/h4-13,28H,3H2,1-2H3,(H,29,33)(H,30,32)/t22-/m1/s1. The second-order valence-electron chi connectivity index (χ2n) is 7.65. The minimum atomic E-state index is -5.41. The lowest BCUT2D eigenvalue weighted by Gasteiger charge is -2.35. The number of benzene rings is 2. The van der Waals surface area contributed by atoms with Gasteiger partial charge in [-0.25, -0.2) is 13.2 Å². The lowest BCUT2D eigenvalue weighted by atomic mass is 10.1. The number of carbonyl (C=O) groups excluding carboxylic acids is 2. The maximum absolute atomic E-state index is 14.4. The molecular formula is C23H21ClF3N5O6S. The number of rotatable bonds is 10. The SMILES string of the molecule is CCOC(=O)[C@](NC(=O)c1cccc(Cl)c1)(Nc1ccc(S(=O)(=O)Nc2ccc(OC)nn2)cc1)C(F)(F)F. The zero-order chi connectivity index (χ0) is 28.8. The topological polar surface area (TPSA) is 149 Å². The van der Waals surface area contributed by atoms with Crippen LogP contribution in [-0.4, -0.2) is 56.0 Å². The van der Waals surface area contributed by atoms with E-state index in [4.69, 9.17) is 16.3 Å². The van der Waals surface area contributed by atoms with Crippen molar-refractivity contribution in [1.82, 2.24) is 15.5 Å². The van der Waals surface area contributed by atoms with Crippen LogP contribution in [0.3, 0.4) is 0 Å². The van der Waals surface area contributed by atoms with Crippen LogP contribution in [0.5, 0.6) is 5.88 Å². The van der Waals surface area contributed by atoms with Crippen molar-refractivity contribution in [1.29, 1.82) is 0 Å². The van der Waals surface area contributed by atoms with E-state index in [0.717, 1.165) is 30.3 Å². The van der Waals surface area contributed by atoms with Crippen LogP contribution < -0.4 is 20.1 Å². The second kappa shape index (κ2) is 11.7. The molecule has 0 aliphatic rings. The number of alkyl halides is 3. The van der Waals surface area contributed by atoms with Gasteiger partial charge >= 0.3 is 17.8 Å². The zero-order valence-electron chi connectivity index (χ0n) is 20.2. The number of sulfonamides is 1. The van der Waals surface area contributed by atoms with Gasteiger partial charge in [0.05, 0.1) is 18.6 Å². The largest absolute Gasteiger partial charge is 0.480 e. The Kier molecular flexibility index (Phi) is 8.86. The minimum absolute atomic E-state index is 0.0791. The number of nitrogens with one attached hydrogen (secondary N) is 3. The first-order chi connectivity index (χ1) is 18.3. The number of ether oxygens (including phenoxy) is 2. The quantitative estimate of drug-likeness (QED) is 0.239. The molecule has 3 aromatic rings. The fourth-order valence-corrected chi connectivity index (χ4v) is 4.30. The fourth-order valence-electron chi connectivity index (χ4n) is 3.12. The van der Waals surface area contributed by atoms with E-state index in [9.17, 15) is 31.2 Å². The number of amides is 1. The fraction of sp³-hybridized carbons (Fsp3) is 0.217. The molecule has 1 atom stereocenters. The summed E-state index contributed by atoms with van der Waals surface area (Å²) in [5.41, 5.74) is -4.36. The summed E-state index contributed by atoms with van der Waals surface area (Å²) in [4.78, 5) is 25.0. The molecule has 3 N–H and O–H groups in total. The van der Waals surface area contributed by atoms with E-state index in [1.54, 1.807) is 5.32 Å². The Bertz CT molecular complexity index is 1440. The van der Waals surface area contributed by atoms with E-state index in [1.165, 1.54) is 44.4 Å². The summed E-state index contributed by atoms with van der Waals surface area (Å²) in [6, 6.07) is 11.6. The van der Waals surface area contributed by atoms with Gasteiger partial charge in [0.2, 0.25) is 5.88 Å². The van der Waals surface area contributed by atoms with E-state index in [-0.39, 0.29) is 32.9 Å². The van der Waals surface area contributed by atoms with Crippen LogP contribution in [0.2, 0.25) is 5.02 Å². The molecule has 0 fully saturated rings. The summed E-state index contributed by atoms with van der Waals surface area (Å²) < 4.78 is 80.3. The molecule has 0 spiro atoms. The Hall–Kier alpha value is -4.11. The molecule has 0 radical (unpaired) electrons. The van der Waals surface area contributed by atoms with Gasteiger partial charge in [-0.2, -0.15) is 13.2 Å². The molecule has 0 unspecified atom stereocenters. The molecule has 3 rings (SSSR count). The molecule has 1 heterocycles. The molecule has 208 valence electrons. The number of methoxy groups -OCH3 is 1. The van der Waals surface area contributed by atoms with Gasteiger partial charge in [0, 0.05) is 22.3 Å². The highest BCUT2D eigenvalue weighted by molar-refractivity contribution is 7.92. The molecule has 0 aliphatic heterocycles. The third-order valence-electron chi connectivity index (χ3n) is 4.98. The molecule has 16 heteroatoms. The number of carbonyl (C=O) groups is 2. The first kappa shape index (κ1) is 29.4. The maximum atomic E-state index is 14.4. The Labute approximate surface area is 225 Å². The van der Waals surface area contributed by atoms with E-state index < -0.39 is 40.3 Å². The van der Waals surface area contributed by atoms with Gasteiger partial charge in [0.25, 0.3) is 15.9 Å². The van der Waals surface area contributed by atoms with Crippen molar-refractivity contribution in [3.63, 3.8) is 0 Å². The van der Waals surface area contributed by atoms with Gasteiger partial charge in [-0.05, 0) is 55.5 Å². The third-order valence-corrected chi connectivity index (χ3v) is 6.58. The normalized spacial score (nSPS) is 13.1. The van der Waals surface area contributed by atoms with Crippen LogP contribution in [-0.2, 0) is 19.6 Å². The van der Waals surface area contributed by atoms with Crippen molar-refractivity contribution < 1.29 is 40.7 Å². The summed E-state index contributed by atoms with van der Waals surface area (Å²) >= 11 is 5.83. The Balaban J connectivity index is 1.93. The number of halogens is 4. The van der Waals surface area contributed by atoms with Crippen molar-refractivity contribution in [2.24, 2.45) is 0 Å². The molecule has 0 saturated carbocycles. The second-order valence-corrected chi connectivity index (χ2v) is 9.77. The molecular weight excluding hydrogens is 567 g/mol. The predicted octanol–water partition coefficient (Wildman–Crippen LogP) is 3.60. The summed E-state index contributed by atoms with van der Waals surface area (Å²) in [6.45, 7) is 0.861. The number of hydrogen-bond acceptors (Lipinski definition) is 9. The minimum Gasteiger partial charge on any atom is -0.480 e. The van der Waals surface area contributed by atoms with Crippen molar-refractivity contribution in [3.8, 4) is 5.88 Å². The van der Waals surface area contributed by atoms with Crippen LogP contribution in [0.4, 0.5) is 24.7 Å². The van der Waals surface area contributed by atoms with E-state index in [2.05, 4.69) is 19.7 Å². The van der Waals surface area contributed by atoms with Gasteiger partial charge < -0.3 is 20.1 Å². The number of anilines is 2. The third kappa shape index (κ3) is 6.86. The highest BCUT2D eigenvalue weighted by Gasteiger charge is 2.63. The smallest absolute Gasteiger partial charge is 0.441 e. The highest BCUT2D eigenvalue weighted by Crippen LogP contribution is 2.34. The molecule has 0 bridgehead atoms. The summed E-state index contributed by atoms with van der Waals surface area (Å²) in [7, 11) is -2.87. The number of esters is 1. The van der Waals surface area contributed by atoms with E-state index in [0.29, 0.717) is 0 Å². The van der Waals surface area contributed by atoms with Crippen molar-refractivity contribution in [2.75, 3.05) is 23.8 Å². The van der Waals surface area contributed by atoms with Gasteiger partial charge in [-0.15, -0.1) is 10.2 Å². The number of aromatic nitrogens is 2. The van der Waals surface area contributed by atoms with Crippen LogP contribution in [0, 0.1) is 0 Å². The molecule has 11 nitrogen and oxygen atoms in total. The molecule has 0 saturated heterocycles. The van der Waals surface area contributed by atoms with Gasteiger partial charge in [0.15, 0.2) is 5.82 Å². The average molecular weight is 588 g/mol. The van der Waals surface area contributed by atoms with E-state index in [1.807, 2.05) is 5.32 Å². The van der Waals surface area contributed by atoms with Crippen molar-refractivity contribution >= 4 is 45.0 Å². The number of nitrogens with zero attached hydrogens (tertiary/aromatic N) is 2. The average Bonchev–Trinajstić information content (AvgIpc) is 2.88. The Morgan fingerprint density at radius 3 is 2.26 bits per heavy atom. The molecule has 2 aromatic carbocycles. The molecule has 1 amide bonds. The van der Waals surface area contributed by atoms with Crippen molar-refractivity contribution in [2.45, 2.75) is 23.7 Å². The monoisotopic (exact) mass is 587 g/mol. The van der Waals surface area contributed by atoms with Crippen LogP contribution in [0.15, 0.2) is 65.6 Å². The summed E-state index contributed by atoms with van der Waals surface area (Å²) in [5.74, 6) is -3.12. The lowest BCUT2D eigenvalue weighted by Crippen LogP contribution is -2.69. The molecule has 0 aliphatic carbocycles. The summed E-state index contributed by atoms with van der Waals surface area (Å²) in [5, 5.41) is 11.0. The first-order valence-corrected chi connectivity index (χ1v) is 12.8. The van der Waals surface area contributed by atoms with Gasteiger partial charge in [-0.1, -0.05) is 17.7 Å².